The summed E-state index contributed by atoms with van der Waals surface area (Å²) >= 11 is 5.87. The summed E-state index contributed by atoms with van der Waals surface area (Å²) in [5.41, 5.74) is 3.83. The lowest BCUT2D eigenvalue weighted by molar-refractivity contribution is -0.134. The Labute approximate surface area is 233 Å². The van der Waals surface area contributed by atoms with Crippen molar-refractivity contribution >= 4 is 23.4 Å². The molecule has 204 valence electrons. The van der Waals surface area contributed by atoms with E-state index in [4.69, 9.17) is 25.8 Å². The summed E-state index contributed by atoms with van der Waals surface area (Å²) in [4.78, 5) is 25.4. The van der Waals surface area contributed by atoms with Crippen molar-refractivity contribution in [3.8, 4) is 17.6 Å². The highest BCUT2D eigenvalue weighted by molar-refractivity contribution is 6.30. The van der Waals surface area contributed by atoms with Gasteiger partial charge in [0.05, 0.1) is 12.6 Å². The highest BCUT2D eigenvalue weighted by Gasteiger charge is 2.25. The number of methoxy groups -OCH3 is 1. The minimum atomic E-state index is -0.596. The molecule has 3 aromatic carbocycles. The Morgan fingerprint density at radius 3 is 2.38 bits per heavy atom. The molecule has 0 unspecified atom stereocenters. The summed E-state index contributed by atoms with van der Waals surface area (Å²) in [5, 5.41) is 12.8. The minimum Gasteiger partial charge on any atom is -0.481 e. The molecular formula is C30H31ClN2O6. The highest BCUT2D eigenvalue weighted by Crippen LogP contribution is 2.17. The van der Waals surface area contributed by atoms with Gasteiger partial charge in [0.25, 0.3) is 5.91 Å². The molecule has 0 radical (unpaired) electrons. The van der Waals surface area contributed by atoms with Crippen LogP contribution < -0.4 is 15.5 Å². The topological polar surface area (TPSA) is 106 Å². The Morgan fingerprint density at radius 1 is 1.00 bits per heavy atom. The summed E-state index contributed by atoms with van der Waals surface area (Å²) in [5.74, 6) is 5.16. The molecule has 0 aliphatic carbocycles. The lowest BCUT2D eigenvalue weighted by atomic mass is 9.92. The van der Waals surface area contributed by atoms with E-state index < -0.39 is 17.9 Å². The van der Waals surface area contributed by atoms with Crippen LogP contribution in [0, 0.1) is 17.8 Å². The number of nitrogens with one attached hydrogen (secondary N) is 2. The number of carbonyl (C=O) groups is 2. The van der Waals surface area contributed by atoms with Gasteiger partial charge in [0.15, 0.2) is 0 Å². The molecule has 8 nitrogen and oxygen atoms in total. The van der Waals surface area contributed by atoms with E-state index in [9.17, 15) is 14.8 Å². The van der Waals surface area contributed by atoms with Gasteiger partial charge in [-0.3, -0.25) is 14.8 Å². The molecule has 9 heteroatoms. The fraction of sp³-hybridized carbons (Fsp3) is 0.267. The van der Waals surface area contributed by atoms with E-state index in [0.29, 0.717) is 22.8 Å². The van der Waals surface area contributed by atoms with Crippen molar-refractivity contribution in [1.82, 2.24) is 10.8 Å². The van der Waals surface area contributed by atoms with Crippen LogP contribution in [0.4, 0.5) is 0 Å². The first-order valence-corrected chi connectivity index (χ1v) is 12.7. The number of benzene rings is 3. The van der Waals surface area contributed by atoms with Crippen molar-refractivity contribution in [1.29, 1.82) is 0 Å². The van der Waals surface area contributed by atoms with E-state index in [1.54, 1.807) is 54.0 Å². The number of carbonyl (C=O) groups excluding carboxylic acids is 2. The average molecular weight is 551 g/mol. The molecule has 0 aromatic heterocycles. The van der Waals surface area contributed by atoms with Crippen LogP contribution in [0.5, 0.6) is 5.75 Å². The maximum Gasteiger partial charge on any atom is 0.251 e. The number of halogens is 1. The molecule has 2 atom stereocenters. The van der Waals surface area contributed by atoms with Gasteiger partial charge in [-0.1, -0.05) is 53.8 Å². The molecule has 39 heavy (non-hydrogen) atoms. The lowest BCUT2D eigenvalue weighted by Crippen LogP contribution is -2.42. The molecule has 0 saturated heterocycles. The molecule has 0 bridgehead atoms. The third-order valence-corrected chi connectivity index (χ3v) is 5.99. The number of amides is 2. The van der Waals surface area contributed by atoms with Crippen molar-refractivity contribution in [2.45, 2.75) is 18.9 Å². The highest BCUT2D eigenvalue weighted by atomic mass is 35.5. The quantitative estimate of drug-likeness (QED) is 0.0966. The van der Waals surface area contributed by atoms with Crippen molar-refractivity contribution in [2.75, 3.05) is 27.1 Å². The predicted octanol–water partition coefficient (Wildman–Crippen LogP) is 4.24. The minimum absolute atomic E-state index is 0.0387. The standard InChI is InChI=1S/C30H31ClN2O6/c1-37-21-38-20-27(19-25(30(35)33-36)18-23-6-3-2-4-7-23)32-29(34)24-11-9-22(10-12-24)8-5-17-39-28-15-13-26(31)14-16-28/h2-4,6-7,9-16,25,27,36H,17-21H2,1H3,(H,32,34)(H,33,35)/t25-,27-/m0/s1. The first-order valence-electron chi connectivity index (χ1n) is 12.3. The van der Waals surface area contributed by atoms with Crippen LogP contribution in [-0.4, -0.2) is 50.2 Å². The second-order valence-electron chi connectivity index (χ2n) is 8.67. The van der Waals surface area contributed by atoms with E-state index in [0.717, 1.165) is 11.1 Å². The van der Waals surface area contributed by atoms with Gasteiger partial charge in [0.1, 0.15) is 19.1 Å². The molecule has 0 spiro atoms. The van der Waals surface area contributed by atoms with Crippen LogP contribution in [0.15, 0.2) is 78.9 Å². The van der Waals surface area contributed by atoms with Crippen molar-refractivity contribution < 1.29 is 29.0 Å². The molecule has 0 aliphatic heterocycles. The van der Waals surface area contributed by atoms with Crippen LogP contribution in [0.25, 0.3) is 0 Å². The van der Waals surface area contributed by atoms with Crippen LogP contribution >= 0.6 is 11.6 Å². The molecular weight excluding hydrogens is 520 g/mol. The van der Waals surface area contributed by atoms with E-state index in [1.807, 2.05) is 30.3 Å². The summed E-state index contributed by atoms with van der Waals surface area (Å²) < 4.78 is 16.0. The van der Waals surface area contributed by atoms with Gasteiger partial charge in [0, 0.05) is 29.2 Å². The van der Waals surface area contributed by atoms with Gasteiger partial charge in [-0.25, -0.2) is 5.48 Å². The van der Waals surface area contributed by atoms with Crippen molar-refractivity contribution in [3.05, 3.63) is 101 Å². The van der Waals surface area contributed by atoms with Crippen molar-refractivity contribution in [3.63, 3.8) is 0 Å². The first-order chi connectivity index (χ1) is 19.0. The average Bonchev–Trinajstić information content (AvgIpc) is 2.96. The zero-order valence-electron chi connectivity index (χ0n) is 21.6. The SMILES string of the molecule is COCOC[C@H](C[C@H](Cc1ccccc1)C(=O)NO)NC(=O)c1ccc(C#CCOc2ccc(Cl)cc2)cc1. The Bertz CT molecular complexity index is 1240. The summed E-state index contributed by atoms with van der Waals surface area (Å²) in [6.45, 7) is 0.371. The molecule has 0 saturated carbocycles. The molecule has 3 rings (SSSR count). The zero-order valence-corrected chi connectivity index (χ0v) is 22.3. The van der Waals surface area contributed by atoms with Crippen LogP contribution in [0.1, 0.15) is 27.9 Å². The van der Waals surface area contributed by atoms with Crippen molar-refractivity contribution in [2.24, 2.45) is 5.92 Å². The van der Waals surface area contributed by atoms with Gasteiger partial charge in [-0.2, -0.15) is 0 Å². The summed E-state index contributed by atoms with van der Waals surface area (Å²) in [6, 6.07) is 22.8. The molecule has 3 N–H and O–H groups in total. The summed E-state index contributed by atoms with van der Waals surface area (Å²) in [7, 11) is 1.50. The smallest absolute Gasteiger partial charge is 0.251 e. The lowest BCUT2D eigenvalue weighted by Gasteiger charge is -2.23. The third-order valence-electron chi connectivity index (χ3n) is 5.73. The molecule has 3 aromatic rings. The molecule has 0 aliphatic rings. The normalized spacial score (nSPS) is 12.0. The van der Waals surface area contributed by atoms with Crippen LogP contribution in [-0.2, 0) is 20.7 Å². The Kier molecular flexibility index (Phi) is 12.3. The van der Waals surface area contributed by atoms with E-state index >= 15 is 0 Å². The predicted molar refractivity (Wildman–Crippen MR) is 148 cm³/mol. The van der Waals surface area contributed by atoms with Gasteiger partial charge in [0.2, 0.25) is 5.91 Å². The first kappa shape index (κ1) is 29.7. The van der Waals surface area contributed by atoms with Crippen LogP contribution in [0.3, 0.4) is 0 Å². The number of hydrogen-bond donors (Lipinski definition) is 3. The second kappa shape index (κ2) is 16.2. The van der Waals surface area contributed by atoms with Gasteiger partial charge in [-0.05, 0) is 66.9 Å². The Balaban J connectivity index is 1.61. The molecule has 0 fully saturated rings. The van der Waals surface area contributed by atoms with Gasteiger partial charge in [-0.15, -0.1) is 0 Å². The largest absolute Gasteiger partial charge is 0.481 e. The number of hydroxylamine groups is 1. The number of rotatable bonds is 13. The second-order valence-corrected chi connectivity index (χ2v) is 9.10. The van der Waals surface area contributed by atoms with E-state index in [2.05, 4.69) is 17.2 Å². The van der Waals surface area contributed by atoms with E-state index in [-0.39, 0.29) is 32.3 Å². The van der Waals surface area contributed by atoms with Gasteiger partial charge < -0.3 is 19.5 Å². The fourth-order valence-electron chi connectivity index (χ4n) is 3.82. The van der Waals surface area contributed by atoms with Crippen LogP contribution in [0.2, 0.25) is 5.02 Å². The monoisotopic (exact) mass is 550 g/mol. The fourth-order valence-corrected chi connectivity index (χ4v) is 3.95. The molecule has 2 amide bonds. The maximum atomic E-state index is 13.0. The Morgan fingerprint density at radius 2 is 1.72 bits per heavy atom. The number of hydrogen-bond acceptors (Lipinski definition) is 6. The maximum absolute atomic E-state index is 13.0. The van der Waals surface area contributed by atoms with Gasteiger partial charge >= 0.3 is 0 Å². The molecule has 0 heterocycles. The van der Waals surface area contributed by atoms with E-state index in [1.165, 1.54) is 7.11 Å². The Hall–Kier alpha value is -3.87. The number of ether oxygens (including phenoxy) is 3. The third kappa shape index (κ3) is 10.4. The summed E-state index contributed by atoms with van der Waals surface area (Å²) in [6.07, 6.45) is 0.632. The zero-order chi connectivity index (χ0) is 27.9.